The molecule has 0 saturated heterocycles. The van der Waals surface area contributed by atoms with Gasteiger partial charge in [0.2, 0.25) is 11.8 Å². The van der Waals surface area contributed by atoms with Crippen LogP contribution in [0.1, 0.15) is 39.9 Å². The van der Waals surface area contributed by atoms with Gasteiger partial charge in [0, 0.05) is 30.6 Å². The van der Waals surface area contributed by atoms with Gasteiger partial charge >= 0.3 is 0 Å². The number of anilines is 1. The standard InChI is InChI=1S/C20H20N2O3/c1-13-3-2-4-14(9-13)12-21-19(24)8-7-18(23)15-5-6-17-16(10-15)11-20(25)22-17/h2-6,9-10H,7-8,11-12H2,1H3,(H,21,24)(H,22,25). The Hall–Kier alpha value is -2.95. The van der Waals surface area contributed by atoms with Gasteiger partial charge in [0.25, 0.3) is 0 Å². The number of benzene rings is 2. The van der Waals surface area contributed by atoms with E-state index >= 15 is 0 Å². The molecule has 0 aromatic heterocycles. The second kappa shape index (κ2) is 7.30. The number of hydrogen-bond donors (Lipinski definition) is 2. The van der Waals surface area contributed by atoms with Crippen LogP contribution in [0.15, 0.2) is 42.5 Å². The number of carbonyl (C=O) groups is 3. The van der Waals surface area contributed by atoms with E-state index in [0.29, 0.717) is 18.5 Å². The third kappa shape index (κ3) is 4.32. The lowest BCUT2D eigenvalue weighted by Gasteiger charge is -2.07. The molecule has 1 aliphatic rings. The van der Waals surface area contributed by atoms with E-state index in [9.17, 15) is 14.4 Å². The molecule has 2 N–H and O–H groups in total. The van der Waals surface area contributed by atoms with Crippen molar-refractivity contribution >= 4 is 23.3 Å². The Morgan fingerprint density at radius 1 is 1.12 bits per heavy atom. The number of rotatable bonds is 6. The first-order valence-electron chi connectivity index (χ1n) is 8.29. The van der Waals surface area contributed by atoms with Gasteiger partial charge in [-0.2, -0.15) is 0 Å². The topological polar surface area (TPSA) is 75.3 Å². The molecule has 2 aromatic carbocycles. The molecule has 0 aliphatic carbocycles. The summed E-state index contributed by atoms with van der Waals surface area (Å²) in [5.74, 6) is -0.296. The minimum absolute atomic E-state index is 0.0601. The van der Waals surface area contributed by atoms with Crippen LogP contribution in [0.2, 0.25) is 0 Å². The summed E-state index contributed by atoms with van der Waals surface area (Å²) in [6.45, 7) is 2.46. The van der Waals surface area contributed by atoms with E-state index in [-0.39, 0.29) is 30.4 Å². The molecular formula is C20H20N2O3. The van der Waals surface area contributed by atoms with Gasteiger partial charge in [0.1, 0.15) is 0 Å². The van der Waals surface area contributed by atoms with Crippen molar-refractivity contribution < 1.29 is 14.4 Å². The third-order valence-electron chi connectivity index (χ3n) is 4.20. The highest BCUT2D eigenvalue weighted by Gasteiger charge is 2.19. The number of nitrogens with one attached hydrogen (secondary N) is 2. The maximum absolute atomic E-state index is 12.3. The minimum atomic E-state index is -0.145. The van der Waals surface area contributed by atoms with Crippen LogP contribution in [-0.4, -0.2) is 17.6 Å². The zero-order chi connectivity index (χ0) is 17.8. The second-order valence-corrected chi connectivity index (χ2v) is 6.29. The van der Waals surface area contributed by atoms with Crippen LogP contribution in [-0.2, 0) is 22.6 Å². The van der Waals surface area contributed by atoms with Crippen molar-refractivity contribution in [1.29, 1.82) is 0 Å². The Morgan fingerprint density at radius 3 is 2.76 bits per heavy atom. The molecule has 0 atom stereocenters. The fraction of sp³-hybridized carbons (Fsp3) is 0.250. The lowest BCUT2D eigenvalue weighted by atomic mass is 10.0. The fourth-order valence-corrected chi connectivity index (χ4v) is 2.89. The van der Waals surface area contributed by atoms with E-state index in [4.69, 9.17) is 0 Å². The van der Waals surface area contributed by atoms with Crippen molar-refractivity contribution in [2.75, 3.05) is 5.32 Å². The lowest BCUT2D eigenvalue weighted by Crippen LogP contribution is -2.23. The summed E-state index contributed by atoms with van der Waals surface area (Å²) in [5, 5.41) is 5.57. The first-order valence-corrected chi connectivity index (χ1v) is 8.29. The number of carbonyl (C=O) groups excluding carboxylic acids is 3. The summed E-state index contributed by atoms with van der Waals surface area (Å²) in [6.07, 6.45) is 0.603. The van der Waals surface area contributed by atoms with Gasteiger partial charge in [0.05, 0.1) is 6.42 Å². The van der Waals surface area contributed by atoms with Gasteiger partial charge in [-0.05, 0) is 36.2 Å². The van der Waals surface area contributed by atoms with Gasteiger partial charge in [-0.15, -0.1) is 0 Å². The Balaban J connectivity index is 1.49. The van der Waals surface area contributed by atoms with E-state index in [1.165, 1.54) is 0 Å². The summed E-state index contributed by atoms with van der Waals surface area (Å²) >= 11 is 0. The number of Topliss-reactive ketones (excluding diaryl/α,β-unsaturated/α-hetero) is 1. The molecular weight excluding hydrogens is 316 g/mol. The Labute approximate surface area is 146 Å². The SMILES string of the molecule is Cc1cccc(CNC(=O)CCC(=O)c2ccc3c(c2)CC(=O)N3)c1. The molecule has 0 bridgehead atoms. The van der Waals surface area contributed by atoms with E-state index < -0.39 is 0 Å². The first kappa shape index (κ1) is 16.9. The average molecular weight is 336 g/mol. The summed E-state index contributed by atoms with van der Waals surface area (Å²) in [7, 11) is 0. The Bertz CT molecular complexity index is 843. The van der Waals surface area contributed by atoms with Crippen LogP contribution in [0, 0.1) is 6.92 Å². The molecule has 1 aliphatic heterocycles. The van der Waals surface area contributed by atoms with Crippen molar-refractivity contribution in [3.8, 4) is 0 Å². The van der Waals surface area contributed by atoms with Crippen LogP contribution >= 0.6 is 0 Å². The molecule has 128 valence electrons. The maximum Gasteiger partial charge on any atom is 0.228 e. The number of hydrogen-bond acceptors (Lipinski definition) is 3. The highest BCUT2D eigenvalue weighted by Crippen LogP contribution is 2.24. The van der Waals surface area contributed by atoms with Crippen LogP contribution < -0.4 is 10.6 Å². The minimum Gasteiger partial charge on any atom is -0.352 e. The number of aryl methyl sites for hydroxylation is 1. The van der Waals surface area contributed by atoms with E-state index in [0.717, 1.165) is 22.4 Å². The van der Waals surface area contributed by atoms with Crippen molar-refractivity contribution in [2.24, 2.45) is 0 Å². The monoisotopic (exact) mass is 336 g/mol. The van der Waals surface area contributed by atoms with Gasteiger partial charge in [0.15, 0.2) is 5.78 Å². The Morgan fingerprint density at radius 2 is 1.96 bits per heavy atom. The first-order chi connectivity index (χ1) is 12.0. The maximum atomic E-state index is 12.3. The number of fused-ring (bicyclic) bond motifs is 1. The summed E-state index contributed by atoms with van der Waals surface area (Å²) in [6, 6.07) is 13.1. The largest absolute Gasteiger partial charge is 0.352 e. The summed E-state index contributed by atoms with van der Waals surface area (Å²) in [4.78, 5) is 35.6. The van der Waals surface area contributed by atoms with Crippen molar-refractivity contribution in [3.05, 3.63) is 64.7 Å². The van der Waals surface area contributed by atoms with Gasteiger partial charge < -0.3 is 10.6 Å². The van der Waals surface area contributed by atoms with Gasteiger partial charge in [-0.1, -0.05) is 29.8 Å². The molecule has 1 heterocycles. The molecule has 5 heteroatoms. The molecule has 0 fully saturated rings. The van der Waals surface area contributed by atoms with Crippen LogP contribution in [0.3, 0.4) is 0 Å². The average Bonchev–Trinajstić information content (AvgIpc) is 2.97. The van der Waals surface area contributed by atoms with Gasteiger partial charge in [-0.3, -0.25) is 14.4 Å². The molecule has 0 unspecified atom stereocenters. The summed E-state index contributed by atoms with van der Waals surface area (Å²) in [5.41, 5.74) is 4.32. The van der Waals surface area contributed by atoms with Crippen LogP contribution in [0.5, 0.6) is 0 Å². The predicted octanol–water partition coefficient (Wildman–Crippen LogP) is 2.77. The molecule has 0 radical (unpaired) electrons. The van der Waals surface area contributed by atoms with Crippen LogP contribution in [0.25, 0.3) is 0 Å². The number of amides is 2. The van der Waals surface area contributed by atoms with Crippen molar-refractivity contribution in [1.82, 2.24) is 5.32 Å². The van der Waals surface area contributed by atoms with Crippen molar-refractivity contribution in [3.63, 3.8) is 0 Å². The molecule has 0 spiro atoms. The lowest BCUT2D eigenvalue weighted by molar-refractivity contribution is -0.121. The van der Waals surface area contributed by atoms with E-state index in [1.54, 1.807) is 18.2 Å². The molecule has 5 nitrogen and oxygen atoms in total. The second-order valence-electron chi connectivity index (χ2n) is 6.29. The molecule has 25 heavy (non-hydrogen) atoms. The Kier molecular flexibility index (Phi) is 4.93. The molecule has 0 saturated carbocycles. The molecule has 2 aromatic rings. The highest BCUT2D eigenvalue weighted by atomic mass is 16.2. The zero-order valence-electron chi connectivity index (χ0n) is 14.1. The van der Waals surface area contributed by atoms with Gasteiger partial charge in [-0.25, -0.2) is 0 Å². The third-order valence-corrected chi connectivity index (χ3v) is 4.20. The van der Waals surface area contributed by atoms with E-state index in [2.05, 4.69) is 10.6 Å². The summed E-state index contributed by atoms with van der Waals surface area (Å²) < 4.78 is 0. The highest BCUT2D eigenvalue weighted by molar-refractivity contribution is 6.02. The van der Waals surface area contributed by atoms with E-state index in [1.807, 2.05) is 31.2 Å². The zero-order valence-corrected chi connectivity index (χ0v) is 14.1. The normalized spacial score (nSPS) is 12.4. The fourth-order valence-electron chi connectivity index (χ4n) is 2.89. The predicted molar refractivity (Wildman–Crippen MR) is 95.4 cm³/mol. The van der Waals surface area contributed by atoms with Crippen molar-refractivity contribution in [2.45, 2.75) is 32.7 Å². The smallest absolute Gasteiger partial charge is 0.228 e. The quantitative estimate of drug-likeness (QED) is 0.797. The molecule has 2 amide bonds. The van der Waals surface area contributed by atoms with Crippen LogP contribution in [0.4, 0.5) is 5.69 Å². The molecule has 3 rings (SSSR count). The number of ketones is 1.